The van der Waals surface area contributed by atoms with E-state index in [1.54, 1.807) is 22.9 Å². The molecule has 32 heavy (non-hydrogen) atoms. The van der Waals surface area contributed by atoms with E-state index in [0.717, 1.165) is 18.4 Å². The highest BCUT2D eigenvalue weighted by Crippen LogP contribution is 2.29. The zero-order chi connectivity index (χ0) is 22.2. The lowest BCUT2D eigenvalue weighted by molar-refractivity contribution is -0.115. The van der Waals surface area contributed by atoms with Crippen molar-refractivity contribution in [2.75, 3.05) is 10.6 Å². The topological polar surface area (TPSA) is 125 Å². The first-order valence-electron chi connectivity index (χ1n) is 10.0. The molecule has 0 spiro atoms. The maximum Gasteiger partial charge on any atom is 0.326 e. The van der Waals surface area contributed by atoms with Crippen molar-refractivity contribution >= 4 is 47.2 Å². The Kier molecular flexibility index (Phi) is 4.98. The molecular weight excluding hydrogens is 432 g/mol. The van der Waals surface area contributed by atoms with Gasteiger partial charge in [0.15, 0.2) is 5.65 Å². The van der Waals surface area contributed by atoms with Crippen LogP contribution in [0.15, 0.2) is 48.8 Å². The summed E-state index contributed by atoms with van der Waals surface area (Å²) in [5.74, 6) is 0.348. The highest BCUT2D eigenvalue weighted by atomic mass is 35.5. The summed E-state index contributed by atoms with van der Waals surface area (Å²) in [6.07, 6.45) is 6.91. The van der Waals surface area contributed by atoms with Crippen molar-refractivity contribution in [3.63, 3.8) is 0 Å². The molecule has 2 aliphatic rings. The number of anilines is 2. The van der Waals surface area contributed by atoms with E-state index in [9.17, 15) is 9.59 Å². The summed E-state index contributed by atoms with van der Waals surface area (Å²) in [4.78, 5) is 32.6. The van der Waals surface area contributed by atoms with Crippen LogP contribution in [0.2, 0.25) is 5.02 Å². The number of urea groups is 1. The summed E-state index contributed by atoms with van der Waals surface area (Å²) < 4.78 is 1.57. The van der Waals surface area contributed by atoms with Crippen molar-refractivity contribution in [1.82, 2.24) is 30.2 Å². The second-order valence-corrected chi connectivity index (χ2v) is 7.88. The molecule has 4 N–H and O–H groups in total. The van der Waals surface area contributed by atoms with E-state index in [2.05, 4.69) is 42.9 Å². The Bertz CT molecular complexity index is 1280. The van der Waals surface area contributed by atoms with Crippen molar-refractivity contribution < 1.29 is 9.59 Å². The average Bonchev–Trinajstić information content (AvgIpc) is 3.41. The van der Waals surface area contributed by atoms with Gasteiger partial charge in [0.25, 0.3) is 5.91 Å². The Hall–Kier alpha value is -3.92. The molecule has 3 heterocycles. The fourth-order valence-electron chi connectivity index (χ4n) is 3.33. The molecule has 1 atom stereocenters. The SMILES string of the molecule is C=CC(Nc1nc(NC2CC2)n2ncc(/C=C3\NC(=O)NC3=O)c2n1)c1ccccc1Cl. The number of halogens is 1. The van der Waals surface area contributed by atoms with E-state index in [-0.39, 0.29) is 11.7 Å². The first-order chi connectivity index (χ1) is 15.5. The number of carbonyl (C=O) groups excluding carboxylic acids is 2. The summed E-state index contributed by atoms with van der Waals surface area (Å²) in [6.45, 7) is 3.91. The minimum atomic E-state index is -0.570. The van der Waals surface area contributed by atoms with Crippen LogP contribution in [-0.4, -0.2) is 37.6 Å². The quantitative estimate of drug-likeness (QED) is 0.248. The number of nitrogens with one attached hydrogen (secondary N) is 4. The lowest BCUT2D eigenvalue weighted by Crippen LogP contribution is -2.22. The van der Waals surface area contributed by atoms with Gasteiger partial charge in [-0.2, -0.15) is 19.6 Å². The number of rotatable bonds is 7. The normalized spacial score (nSPS) is 17.8. The summed E-state index contributed by atoms with van der Waals surface area (Å²) in [7, 11) is 0. The van der Waals surface area contributed by atoms with Gasteiger partial charge < -0.3 is 16.0 Å². The van der Waals surface area contributed by atoms with Gasteiger partial charge in [-0.15, -0.1) is 6.58 Å². The van der Waals surface area contributed by atoms with Crippen LogP contribution in [0.25, 0.3) is 11.7 Å². The summed E-state index contributed by atoms with van der Waals surface area (Å²) in [6, 6.07) is 6.89. The van der Waals surface area contributed by atoms with Gasteiger partial charge >= 0.3 is 6.03 Å². The van der Waals surface area contributed by atoms with E-state index < -0.39 is 11.9 Å². The van der Waals surface area contributed by atoms with Crippen molar-refractivity contribution in [3.05, 3.63) is 65.0 Å². The van der Waals surface area contributed by atoms with Crippen molar-refractivity contribution in [2.24, 2.45) is 0 Å². The van der Waals surface area contributed by atoms with Crippen LogP contribution in [0, 0.1) is 0 Å². The lowest BCUT2D eigenvalue weighted by Gasteiger charge is -2.17. The van der Waals surface area contributed by atoms with E-state index in [1.165, 1.54) is 6.08 Å². The number of amides is 3. The highest BCUT2D eigenvalue weighted by Gasteiger charge is 2.26. The molecule has 1 aliphatic carbocycles. The third-order valence-corrected chi connectivity index (χ3v) is 5.43. The number of hydrogen-bond donors (Lipinski definition) is 4. The first kappa shape index (κ1) is 20.0. The van der Waals surface area contributed by atoms with Crippen LogP contribution >= 0.6 is 11.6 Å². The third kappa shape index (κ3) is 3.87. The Morgan fingerprint density at radius 1 is 1.22 bits per heavy atom. The molecule has 1 aromatic carbocycles. The molecule has 2 aromatic heterocycles. The van der Waals surface area contributed by atoms with Gasteiger partial charge in [-0.1, -0.05) is 35.9 Å². The van der Waals surface area contributed by atoms with Crippen LogP contribution in [0.1, 0.15) is 30.0 Å². The van der Waals surface area contributed by atoms with E-state index in [0.29, 0.717) is 34.2 Å². The van der Waals surface area contributed by atoms with E-state index in [1.807, 2.05) is 18.2 Å². The zero-order valence-electron chi connectivity index (χ0n) is 16.8. The maximum atomic E-state index is 11.9. The fraction of sp³-hybridized carbons (Fsp3) is 0.190. The van der Waals surface area contributed by atoms with Crippen LogP contribution < -0.4 is 21.3 Å². The number of hydrogen-bond acceptors (Lipinski definition) is 7. The number of aromatic nitrogens is 4. The molecule has 11 heteroatoms. The first-order valence-corrected chi connectivity index (χ1v) is 10.4. The lowest BCUT2D eigenvalue weighted by atomic mass is 10.1. The molecule has 0 radical (unpaired) electrons. The van der Waals surface area contributed by atoms with Gasteiger partial charge in [-0.25, -0.2) is 4.79 Å². The van der Waals surface area contributed by atoms with Gasteiger partial charge in [0.1, 0.15) is 5.70 Å². The number of nitrogens with zero attached hydrogens (tertiary/aromatic N) is 4. The predicted octanol–water partition coefficient (Wildman–Crippen LogP) is 2.87. The van der Waals surface area contributed by atoms with Crippen LogP contribution in [-0.2, 0) is 4.79 Å². The largest absolute Gasteiger partial charge is 0.351 e. The molecule has 5 rings (SSSR count). The smallest absolute Gasteiger partial charge is 0.326 e. The van der Waals surface area contributed by atoms with E-state index in [4.69, 9.17) is 11.6 Å². The minimum Gasteiger partial charge on any atom is -0.351 e. The Labute approximate surface area is 187 Å². The summed E-state index contributed by atoms with van der Waals surface area (Å²) in [5, 5.41) is 16.2. The fourth-order valence-corrected chi connectivity index (χ4v) is 3.59. The van der Waals surface area contributed by atoms with Crippen LogP contribution in [0.3, 0.4) is 0 Å². The summed E-state index contributed by atoms with van der Waals surface area (Å²) >= 11 is 6.36. The number of imide groups is 1. The van der Waals surface area contributed by atoms with Crippen LogP contribution in [0.4, 0.5) is 16.7 Å². The van der Waals surface area contributed by atoms with Crippen molar-refractivity contribution in [3.8, 4) is 0 Å². The molecule has 1 aliphatic heterocycles. The number of benzene rings is 1. The average molecular weight is 451 g/mol. The molecule has 1 saturated heterocycles. The molecule has 10 nitrogen and oxygen atoms in total. The molecular formula is C21H19ClN8O2. The van der Waals surface area contributed by atoms with Crippen LogP contribution in [0.5, 0.6) is 0 Å². The molecule has 0 bridgehead atoms. The molecule has 1 saturated carbocycles. The second kappa shape index (κ2) is 7.97. The van der Waals surface area contributed by atoms with Gasteiger partial charge in [0.2, 0.25) is 11.9 Å². The van der Waals surface area contributed by atoms with E-state index >= 15 is 0 Å². The molecule has 162 valence electrons. The van der Waals surface area contributed by atoms with Gasteiger partial charge in [0.05, 0.1) is 12.2 Å². The van der Waals surface area contributed by atoms with Crippen molar-refractivity contribution in [1.29, 1.82) is 0 Å². The molecule has 3 amide bonds. The zero-order valence-corrected chi connectivity index (χ0v) is 17.6. The molecule has 1 unspecified atom stereocenters. The van der Waals surface area contributed by atoms with Crippen molar-refractivity contribution in [2.45, 2.75) is 24.9 Å². The Morgan fingerprint density at radius 3 is 2.72 bits per heavy atom. The maximum absolute atomic E-state index is 11.9. The number of fused-ring (bicyclic) bond motifs is 1. The highest BCUT2D eigenvalue weighted by molar-refractivity contribution is 6.31. The monoisotopic (exact) mass is 450 g/mol. The van der Waals surface area contributed by atoms with Gasteiger partial charge in [-0.05, 0) is 30.5 Å². The third-order valence-electron chi connectivity index (χ3n) is 5.09. The van der Waals surface area contributed by atoms with Gasteiger partial charge in [0, 0.05) is 16.6 Å². The Morgan fingerprint density at radius 2 is 2.03 bits per heavy atom. The minimum absolute atomic E-state index is 0.120. The second-order valence-electron chi connectivity index (χ2n) is 7.47. The number of carbonyl (C=O) groups is 2. The summed E-state index contributed by atoms with van der Waals surface area (Å²) in [5.41, 5.74) is 1.98. The molecule has 3 aromatic rings. The Balaban J connectivity index is 1.56. The molecule has 2 fully saturated rings. The predicted molar refractivity (Wildman–Crippen MR) is 120 cm³/mol. The van der Waals surface area contributed by atoms with Gasteiger partial charge in [-0.3, -0.25) is 10.1 Å². The standard InChI is InChI=1S/C21H19ClN8O2/c1-2-15(13-5-3-4-6-14(13)22)25-19-27-17-11(9-16-18(31)28-21(32)26-16)10-23-30(17)20(29-19)24-12-7-8-12/h2-6,9-10,12,15H,1,7-8H2,(H2,24,25,27,29)(H2,26,28,31,32)/b16-9-.